The largest absolute Gasteiger partial charge is 0.472 e. The average Bonchev–Trinajstić information content (AvgIpc) is 3.09. The minimum absolute atomic E-state index is 0.0564. The van der Waals surface area contributed by atoms with E-state index in [0.717, 1.165) is 38.5 Å². The normalized spacial score (nSPS) is 12.6. The van der Waals surface area contributed by atoms with Gasteiger partial charge in [0.2, 0.25) is 5.91 Å². The fourth-order valence-electron chi connectivity index (χ4n) is 9.16. The Morgan fingerprint density at radius 2 is 0.611 bits per heavy atom. The zero-order chi connectivity index (χ0) is 65.3. The molecule has 2 atom stereocenters. The Hall–Kier alpha value is -1.96. The molecule has 0 radical (unpaired) electrons. The van der Waals surface area contributed by atoms with Crippen LogP contribution in [0.4, 0.5) is 0 Å². The molecule has 0 rings (SSSR count). The molecule has 0 aromatic rings. The van der Waals surface area contributed by atoms with Gasteiger partial charge in [0.25, 0.3) is 0 Å². The van der Waals surface area contributed by atoms with Crippen molar-refractivity contribution in [3.63, 3.8) is 0 Å². The summed E-state index contributed by atoms with van der Waals surface area (Å²) < 4.78 is 99.3. The Kier molecular flexibility index (Phi) is 72.8. The lowest BCUT2D eigenvalue weighted by Gasteiger charge is -2.20. The van der Waals surface area contributed by atoms with E-state index < -0.39 is 32.5 Å². The molecule has 90 heavy (non-hydrogen) atoms. The number of phosphoric acid groups is 1. The van der Waals surface area contributed by atoms with Crippen LogP contribution in [0.3, 0.4) is 0 Å². The summed E-state index contributed by atoms with van der Waals surface area (Å²) in [5.74, 6) is -1.24. The van der Waals surface area contributed by atoms with Gasteiger partial charge in [-0.15, -0.1) is 0 Å². The van der Waals surface area contributed by atoms with Crippen LogP contribution in [0.15, 0.2) is 0 Å². The smallest absolute Gasteiger partial charge is 0.462 e. The lowest BCUT2D eigenvalue weighted by Crippen LogP contribution is -2.30. The second kappa shape index (κ2) is 74.4. The number of hydrogen-bond donors (Lipinski definition) is 2. The van der Waals surface area contributed by atoms with Crippen molar-refractivity contribution in [2.75, 3.05) is 185 Å². The Bertz CT molecular complexity index is 1530. The van der Waals surface area contributed by atoms with E-state index >= 15 is 0 Å². The molecule has 0 fully saturated rings. The summed E-state index contributed by atoms with van der Waals surface area (Å²) >= 11 is 0. The third-order valence-electron chi connectivity index (χ3n) is 14.4. The number of amides is 1. The van der Waals surface area contributed by atoms with Crippen molar-refractivity contribution < 1.29 is 99.2 Å². The molecule has 23 heteroatoms. The monoisotopic (exact) mass is 1320 g/mol. The fourth-order valence-corrected chi connectivity index (χ4v) is 9.91. The van der Waals surface area contributed by atoms with Gasteiger partial charge in [0.1, 0.15) is 6.61 Å². The van der Waals surface area contributed by atoms with E-state index in [1.807, 2.05) is 0 Å². The van der Waals surface area contributed by atoms with Gasteiger partial charge in [0.05, 0.1) is 165 Å². The third kappa shape index (κ3) is 73.5. The molecule has 0 aromatic heterocycles. The minimum Gasteiger partial charge on any atom is -0.462 e. The predicted octanol–water partition coefficient (Wildman–Crippen LogP) is 12.4. The van der Waals surface area contributed by atoms with Gasteiger partial charge >= 0.3 is 19.8 Å². The molecule has 0 aliphatic heterocycles. The molecule has 0 bridgehead atoms. The zero-order valence-corrected chi connectivity index (χ0v) is 58.0. The Balaban J connectivity index is 4.10. The molecule has 0 saturated heterocycles. The van der Waals surface area contributed by atoms with Crippen molar-refractivity contribution in [2.45, 2.75) is 232 Å². The van der Waals surface area contributed by atoms with E-state index in [1.165, 1.54) is 141 Å². The first-order valence-corrected chi connectivity index (χ1v) is 36.8. The number of phosphoric ester groups is 1. The predicted molar refractivity (Wildman–Crippen MR) is 350 cm³/mol. The Labute approximate surface area is 545 Å². The lowest BCUT2D eigenvalue weighted by atomic mass is 10.0. The number of carbonyl (C=O) groups is 3. The van der Waals surface area contributed by atoms with E-state index in [1.54, 1.807) is 7.11 Å². The number of methoxy groups -OCH3 is 1. The van der Waals surface area contributed by atoms with Crippen LogP contribution in [0.5, 0.6) is 0 Å². The van der Waals surface area contributed by atoms with Crippen molar-refractivity contribution >= 4 is 25.7 Å². The topological polar surface area (TPSA) is 248 Å². The van der Waals surface area contributed by atoms with Crippen LogP contribution in [0.1, 0.15) is 226 Å². The van der Waals surface area contributed by atoms with E-state index in [-0.39, 0.29) is 58.1 Å². The second-order valence-electron chi connectivity index (χ2n) is 22.6. The van der Waals surface area contributed by atoms with Gasteiger partial charge in [-0.25, -0.2) is 4.57 Å². The highest BCUT2D eigenvalue weighted by Gasteiger charge is 2.26. The minimum atomic E-state index is -4.62. The average molecular weight is 1320 g/mol. The molecule has 1 amide bonds. The van der Waals surface area contributed by atoms with Gasteiger partial charge in [-0.2, -0.15) is 0 Å². The molecule has 0 aliphatic rings. The fraction of sp³-hybridized carbons (Fsp3) is 0.955. The van der Waals surface area contributed by atoms with Crippen LogP contribution in [0.2, 0.25) is 0 Å². The van der Waals surface area contributed by atoms with Gasteiger partial charge < -0.3 is 76.5 Å². The van der Waals surface area contributed by atoms with E-state index in [9.17, 15) is 23.8 Å². The molecule has 2 N–H and O–H groups in total. The number of nitrogens with one attached hydrogen (secondary N) is 1. The van der Waals surface area contributed by atoms with Crippen LogP contribution in [0, 0.1) is 0 Å². The van der Waals surface area contributed by atoms with Gasteiger partial charge in [0, 0.05) is 32.9 Å². The van der Waals surface area contributed by atoms with Crippen molar-refractivity contribution in [3.05, 3.63) is 0 Å². The van der Waals surface area contributed by atoms with Crippen LogP contribution >= 0.6 is 7.82 Å². The van der Waals surface area contributed by atoms with Crippen molar-refractivity contribution in [1.82, 2.24) is 5.32 Å². The Morgan fingerprint density at radius 1 is 0.333 bits per heavy atom. The van der Waals surface area contributed by atoms with Crippen molar-refractivity contribution in [3.8, 4) is 0 Å². The maximum atomic E-state index is 12.9. The van der Waals surface area contributed by atoms with Gasteiger partial charge in [-0.1, -0.05) is 194 Å². The number of hydrogen-bond acceptors (Lipinski definition) is 20. The number of rotatable bonds is 78. The molecule has 536 valence electrons. The summed E-state index contributed by atoms with van der Waals surface area (Å²) in [5.41, 5.74) is 0. The molecule has 0 aromatic carbocycles. The quantitative estimate of drug-likeness (QED) is 0.0326. The van der Waals surface area contributed by atoms with E-state index in [0.29, 0.717) is 152 Å². The highest BCUT2D eigenvalue weighted by Crippen LogP contribution is 2.43. The number of unbranched alkanes of at least 4 members (excludes halogenated alkanes) is 28. The van der Waals surface area contributed by atoms with Crippen LogP contribution in [-0.2, 0) is 94.3 Å². The zero-order valence-electron chi connectivity index (χ0n) is 57.1. The molecule has 22 nitrogen and oxygen atoms in total. The summed E-state index contributed by atoms with van der Waals surface area (Å²) in [6.45, 7) is 13.6. The summed E-state index contributed by atoms with van der Waals surface area (Å²) in [4.78, 5) is 48.3. The number of esters is 2. The molecule has 0 heterocycles. The SMILES string of the molecule is CCCCCCCCCCCCCCCCCC(=O)OC[C@H](COP(=O)(O)OCCNC(=O)CCOCCOCCOCCOCCOCCOCCOCCOCCOCCOCCOCCOC)OC(=O)CCCCCCCCCCCCCCCCC. The maximum Gasteiger partial charge on any atom is 0.472 e. The summed E-state index contributed by atoms with van der Waals surface area (Å²) in [6, 6.07) is 0. The maximum absolute atomic E-state index is 12.9. The van der Waals surface area contributed by atoms with Crippen LogP contribution in [0.25, 0.3) is 0 Å². The molecular formula is C67H132NO21P. The first kappa shape index (κ1) is 88.0. The molecule has 0 saturated carbocycles. The summed E-state index contributed by atoms with van der Waals surface area (Å²) in [5, 5.41) is 2.61. The van der Waals surface area contributed by atoms with E-state index in [2.05, 4.69) is 19.2 Å². The van der Waals surface area contributed by atoms with Gasteiger partial charge in [0.15, 0.2) is 6.10 Å². The van der Waals surface area contributed by atoms with Crippen molar-refractivity contribution in [2.24, 2.45) is 0 Å². The van der Waals surface area contributed by atoms with Crippen LogP contribution < -0.4 is 5.32 Å². The summed E-state index contributed by atoms with van der Waals surface area (Å²) in [6.07, 6.45) is 35.9. The molecule has 0 aliphatic carbocycles. The lowest BCUT2D eigenvalue weighted by molar-refractivity contribution is -0.161. The number of ether oxygens (including phenoxy) is 14. The third-order valence-corrected chi connectivity index (χ3v) is 15.4. The molecular weight excluding hydrogens is 1190 g/mol. The highest BCUT2D eigenvalue weighted by molar-refractivity contribution is 7.47. The van der Waals surface area contributed by atoms with Crippen LogP contribution in [-0.4, -0.2) is 214 Å². The molecule has 0 spiro atoms. The summed E-state index contributed by atoms with van der Waals surface area (Å²) in [7, 11) is -2.98. The van der Waals surface area contributed by atoms with Crippen molar-refractivity contribution in [1.29, 1.82) is 0 Å². The van der Waals surface area contributed by atoms with Gasteiger partial charge in [-0.3, -0.25) is 23.4 Å². The Morgan fingerprint density at radius 3 is 0.922 bits per heavy atom. The second-order valence-corrected chi connectivity index (χ2v) is 24.1. The highest BCUT2D eigenvalue weighted by atomic mass is 31.2. The molecule has 1 unspecified atom stereocenters. The number of carbonyl (C=O) groups excluding carboxylic acids is 3. The van der Waals surface area contributed by atoms with E-state index in [4.69, 9.17) is 75.4 Å². The first-order valence-electron chi connectivity index (χ1n) is 35.3. The standard InChI is InChI=1S/C67H132NO21P/c1-4-6-8-10-12-14-16-18-20-22-24-26-28-30-32-34-66(70)86-62-64(89-67(71)35-33-31-29-27-25-23-21-19-17-15-13-11-9-7-5-2)63-88-90(72,73)87-39-37-68-65(69)36-38-75-42-43-77-46-47-79-50-51-81-54-55-83-58-59-85-61-60-84-57-56-82-53-52-80-49-48-78-45-44-76-41-40-74-3/h64H,4-63H2,1-3H3,(H,68,69)(H,72,73)/t64-/m1/s1. The first-order chi connectivity index (χ1) is 44.2. The van der Waals surface area contributed by atoms with Gasteiger partial charge in [-0.05, 0) is 12.8 Å².